The molecule has 2 heterocycles. The van der Waals surface area contributed by atoms with Crippen LogP contribution >= 0.6 is 0 Å². The normalized spacial score (nSPS) is 25.7. The van der Waals surface area contributed by atoms with Crippen LogP contribution in [0, 0.1) is 0 Å². The minimum atomic E-state index is -0.505. The Hall–Kier alpha value is -1.69. The average molecular weight is 348 g/mol. The van der Waals surface area contributed by atoms with E-state index >= 15 is 0 Å². The summed E-state index contributed by atoms with van der Waals surface area (Å²) in [6, 6.07) is 0.563. The molecule has 1 unspecified atom stereocenters. The number of rotatable bonds is 3. The first kappa shape index (κ1) is 18.1. The molecule has 3 rings (SSSR count). The zero-order valence-corrected chi connectivity index (χ0v) is 15.8. The second kappa shape index (κ2) is 7.28. The number of nitrogens with two attached hydrogens (primary N) is 1. The molecule has 2 fully saturated rings. The molecule has 0 aromatic carbocycles. The molecule has 0 saturated carbocycles. The monoisotopic (exact) mass is 348 g/mol. The van der Waals surface area contributed by atoms with E-state index in [1.54, 1.807) is 0 Å². The predicted molar refractivity (Wildman–Crippen MR) is 98.9 cm³/mol. The number of piperidine rings is 1. The van der Waals surface area contributed by atoms with Gasteiger partial charge in [0.2, 0.25) is 0 Å². The van der Waals surface area contributed by atoms with Crippen molar-refractivity contribution in [3.05, 3.63) is 23.5 Å². The topological polar surface area (TPSA) is 70.8 Å². The summed E-state index contributed by atoms with van der Waals surface area (Å²) in [5, 5.41) is 2.91. The fourth-order valence-electron chi connectivity index (χ4n) is 3.75. The minimum absolute atomic E-state index is 0.192. The number of amides is 1. The average Bonchev–Trinajstić information content (AvgIpc) is 2.47. The van der Waals surface area contributed by atoms with Gasteiger partial charge in [-0.05, 0) is 65.3 Å². The number of hydrogen-bond donors (Lipinski definition) is 2. The Labute approximate surface area is 151 Å². The van der Waals surface area contributed by atoms with Crippen molar-refractivity contribution in [3.63, 3.8) is 0 Å². The van der Waals surface area contributed by atoms with E-state index in [1.165, 1.54) is 38.0 Å². The largest absolute Gasteiger partial charge is 0.444 e. The zero-order chi connectivity index (χ0) is 18.0. The summed E-state index contributed by atoms with van der Waals surface area (Å²) in [5.74, 6) is 0. The third-order valence-electron chi connectivity index (χ3n) is 5.25. The number of carbonyl (C=O) groups is 1. The maximum atomic E-state index is 12.1. The molecule has 0 radical (unpaired) electrons. The number of allylic oxidation sites excluding steroid dienone is 2. The van der Waals surface area contributed by atoms with Crippen LogP contribution in [0.3, 0.4) is 0 Å². The molecule has 0 aromatic heterocycles. The predicted octanol–water partition coefficient (Wildman–Crippen LogP) is 2.18. The molecule has 2 aliphatic heterocycles. The molecule has 6 nitrogen and oxygen atoms in total. The summed E-state index contributed by atoms with van der Waals surface area (Å²) >= 11 is 0. The molecule has 140 valence electrons. The van der Waals surface area contributed by atoms with Crippen LogP contribution in [0.5, 0.6) is 0 Å². The third kappa shape index (κ3) is 4.69. The molecule has 1 amide bonds. The van der Waals surface area contributed by atoms with Crippen molar-refractivity contribution in [2.75, 3.05) is 26.2 Å². The van der Waals surface area contributed by atoms with E-state index < -0.39 is 11.7 Å². The van der Waals surface area contributed by atoms with Crippen LogP contribution in [0.25, 0.3) is 0 Å². The highest BCUT2D eigenvalue weighted by atomic mass is 16.6. The number of nitrogens with zero attached hydrogens (tertiary/aromatic N) is 2. The Morgan fingerprint density at radius 1 is 1.20 bits per heavy atom. The Morgan fingerprint density at radius 2 is 1.88 bits per heavy atom. The van der Waals surface area contributed by atoms with E-state index in [0.717, 1.165) is 25.6 Å². The van der Waals surface area contributed by atoms with Crippen LogP contribution in [0.4, 0.5) is 4.79 Å². The van der Waals surface area contributed by atoms with Crippen molar-refractivity contribution in [1.29, 1.82) is 0 Å². The summed E-state index contributed by atoms with van der Waals surface area (Å²) in [5.41, 5.74) is 7.53. The first-order valence-corrected chi connectivity index (χ1v) is 9.46. The highest BCUT2D eigenvalue weighted by Gasteiger charge is 2.30. The molecule has 0 aromatic rings. The van der Waals surface area contributed by atoms with Crippen molar-refractivity contribution in [3.8, 4) is 0 Å². The van der Waals surface area contributed by atoms with Gasteiger partial charge in [-0.2, -0.15) is 0 Å². The fourth-order valence-corrected chi connectivity index (χ4v) is 3.75. The number of ether oxygens (including phenoxy) is 1. The van der Waals surface area contributed by atoms with Crippen LogP contribution < -0.4 is 11.1 Å². The van der Waals surface area contributed by atoms with Crippen molar-refractivity contribution in [2.24, 2.45) is 5.73 Å². The number of hydrogen-bond acceptors (Lipinski definition) is 5. The SMILES string of the molecule is CC(C)(C)OC(=O)NC1CC(N2CCC(N3CCC3)CC2)=CC=C1N. The lowest BCUT2D eigenvalue weighted by Crippen LogP contribution is -2.50. The number of carbonyl (C=O) groups excluding carboxylic acids is 1. The zero-order valence-electron chi connectivity index (χ0n) is 15.8. The van der Waals surface area contributed by atoms with E-state index in [0.29, 0.717) is 5.70 Å². The maximum Gasteiger partial charge on any atom is 0.408 e. The molecule has 0 bridgehead atoms. The van der Waals surface area contributed by atoms with Gasteiger partial charge in [0, 0.05) is 36.9 Å². The third-order valence-corrected chi connectivity index (χ3v) is 5.25. The van der Waals surface area contributed by atoms with Crippen molar-refractivity contribution < 1.29 is 9.53 Å². The van der Waals surface area contributed by atoms with Crippen LogP contribution in [0.2, 0.25) is 0 Å². The Balaban J connectivity index is 1.52. The lowest BCUT2D eigenvalue weighted by Gasteiger charge is -2.44. The summed E-state index contributed by atoms with van der Waals surface area (Å²) in [7, 11) is 0. The van der Waals surface area contributed by atoms with Crippen molar-refractivity contribution in [1.82, 2.24) is 15.1 Å². The number of nitrogens with one attached hydrogen (secondary N) is 1. The molecule has 3 aliphatic rings. The summed E-state index contributed by atoms with van der Waals surface area (Å²) in [6.45, 7) is 10.3. The van der Waals surface area contributed by atoms with Crippen molar-refractivity contribution >= 4 is 6.09 Å². The molecule has 3 N–H and O–H groups in total. The fraction of sp³-hybridized carbons (Fsp3) is 0.737. The molecular weight excluding hydrogens is 316 g/mol. The molecule has 6 heteroatoms. The van der Waals surface area contributed by atoms with Gasteiger partial charge < -0.3 is 25.6 Å². The van der Waals surface area contributed by atoms with E-state index in [1.807, 2.05) is 26.8 Å². The molecular formula is C19H32N4O2. The second-order valence-corrected chi connectivity index (χ2v) is 8.34. The van der Waals surface area contributed by atoms with Crippen LogP contribution in [-0.2, 0) is 4.74 Å². The van der Waals surface area contributed by atoms with Crippen LogP contribution in [-0.4, -0.2) is 59.8 Å². The number of alkyl carbamates (subject to hydrolysis) is 1. The molecule has 0 spiro atoms. The van der Waals surface area contributed by atoms with Gasteiger partial charge in [0.25, 0.3) is 0 Å². The summed E-state index contributed by atoms with van der Waals surface area (Å²) in [4.78, 5) is 17.1. The van der Waals surface area contributed by atoms with Gasteiger partial charge in [-0.15, -0.1) is 0 Å². The highest BCUT2D eigenvalue weighted by molar-refractivity contribution is 5.68. The standard InChI is InChI=1S/C19H32N4O2/c1-19(2,3)25-18(24)21-17-13-15(5-6-16(17)20)23-11-7-14(8-12-23)22-9-4-10-22/h5-6,14,17H,4,7-13,20H2,1-3H3,(H,21,24). The molecule has 2 saturated heterocycles. The van der Waals surface area contributed by atoms with Crippen molar-refractivity contribution in [2.45, 2.75) is 64.1 Å². The minimum Gasteiger partial charge on any atom is -0.444 e. The molecule has 25 heavy (non-hydrogen) atoms. The first-order chi connectivity index (χ1) is 11.8. The van der Waals surface area contributed by atoms with E-state index in [9.17, 15) is 4.79 Å². The van der Waals surface area contributed by atoms with Gasteiger partial charge in [0.1, 0.15) is 5.60 Å². The first-order valence-electron chi connectivity index (χ1n) is 9.46. The Kier molecular flexibility index (Phi) is 5.27. The van der Waals surface area contributed by atoms with Gasteiger partial charge in [-0.25, -0.2) is 4.79 Å². The maximum absolute atomic E-state index is 12.1. The molecule has 1 atom stereocenters. The van der Waals surface area contributed by atoms with E-state index in [-0.39, 0.29) is 6.04 Å². The smallest absolute Gasteiger partial charge is 0.408 e. The second-order valence-electron chi connectivity index (χ2n) is 8.34. The van der Waals surface area contributed by atoms with E-state index in [4.69, 9.17) is 10.5 Å². The van der Waals surface area contributed by atoms with Gasteiger partial charge >= 0.3 is 6.09 Å². The van der Waals surface area contributed by atoms with Crippen LogP contribution in [0.15, 0.2) is 23.5 Å². The van der Waals surface area contributed by atoms with Gasteiger partial charge in [0.15, 0.2) is 0 Å². The summed E-state index contributed by atoms with van der Waals surface area (Å²) in [6.07, 6.45) is 8.14. The highest BCUT2D eigenvalue weighted by Crippen LogP contribution is 2.27. The Morgan fingerprint density at radius 3 is 2.44 bits per heavy atom. The van der Waals surface area contributed by atoms with Crippen LogP contribution in [0.1, 0.15) is 46.5 Å². The Bertz CT molecular complexity index is 552. The lowest BCUT2D eigenvalue weighted by atomic mass is 9.96. The van der Waals surface area contributed by atoms with Gasteiger partial charge in [-0.3, -0.25) is 0 Å². The molecule has 1 aliphatic carbocycles. The quantitative estimate of drug-likeness (QED) is 0.818. The van der Waals surface area contributed by atoms with Gasteiger partial charge in [-0.1, -0.05) is 0 Å². The lowest BCUT2D eigenvalue weighted by molar-refractivity contribution is 0.0506. The summed E-state index contributed by atoms with van der Waals surface area (Å²) < 4.78 is 5.36. The number of likely N-dealkylation sites (tertiary alicyclic amines) is 2. The van der Waals surface area contributed by atoms with Gasteiger partial charge in [0.05, 0.1) is 6.04 Å². The van der Waals surface area contributed by atoms with E-state index in [2.05, 4.69) is 21.2 Å².